The van der Waals surface area contributed by atoms with Crippen LogP contribution in [0.2, 0.25) is 0 Å². The molecule has 2 amide bonds. The van der Waals surface area contributed by atoms with Crippen LogP contribution in [0.5, 0.6) is 0 Å². The largest absolute Gasteiger partial charge is 0.454 e. The van der Waals surface area contributed by atoms with Crippen molar-refractivity contribution in [1.29, 1.82) is 0 Å². The molecule has 7 heteroatoms. The Hall–Kier alpha value is -2.54. The molecular formula is C23H36N4O3. The Morgan fingerprint density at radius 1 is 1.17 bits per heavy atom. The van der Waals surface area contributed by atoms with Crippen LogP contribution in [-0.2, 0) is 17.9 Å². The number of likely N-dealkylation sites (N-methyl/N-ethyl adjacent to an activating group) is 1. The summed E-state index contributed by atoms with van der Waals surface area (Å²) in [5.74, 6) is 1.35. The van der Waals surface area contributed by atoms with E-state index in [1.807, 2.05) is 48.3 Å². The van der Waals surface area contributed by atoms with Crippen molar-refractivity contribution in [3.05, 3.63) is 47.7 Å². The van der Waals surface area contributed by atoms with Gasteiger partial charge in [0.25, 0.3) is 5.91 Å². The number of nitrogens with zero attached hydrogens (tertiary/aromatic N) is 3. The fraction of sp³-hybridized carbons (Fsp3) is 0.565. The Morgan fingerprint density at radius 2 is 1.93 bits per heavy atom. The molecule has 166 valence electrons. The predicted octanol–water partition coefficient (Wildman–Crippen LogP) is 3.21. The van der Waals surface area contributed by atoms with Gasteiger partial charge in [0, 0.05) is 37.9 Å². The molecule has 0 bridgehead atoms. The summed E-state index contributed by atoms with van der Waals surface area (Å²) in [6.45, 7) is 9.40. The third-order valence-electron chi connectivity index (χ3n) is 4.76. The quantitative estimate of drug-likeness (QED) is 0.577. The van der Waals surface area contributed by atoms with Crippen LogP contribution in [0.3, 0.4) is 0 Å². The first-order valence-corrected chi connectivity index (χ1v) is 10.7. The molecular weight excluding hydrogens is 380 g/mol. The molecule has 2 rings (SSSR count). The molecule has 0 unspecified atom stereocenters. The molecule has 0 aliphatic carbocycles. The number of hydrogen-bond acceptors (Lipinski definition) is 4. The first kappa shape index (κ1) is 23.7. The SMILES string of the molecule is CCCN(Cc1cccn1Cc1ccc(C(=O)NCCN(C)C)o1)C(=O)CC(C)C. The summed E-state index contributed by atoms with van der Waals surface area (Å²) in [6, 6.07) is 7.55. The molecule has 0 aliphatic heterocycles. The Balaban J connectivity index is 2.01. The number of nitrogens with one attached hydrogen (secondary N) is 1. The van der Waals surface area contributed by atoms with E-state index in [-0.39, 0.29) is 11.8 Å². The Morgan fingerprint density at radius 3 is 2.60 bits per heavy atom. The van der Waals surface area contributed by atoms with Crippen LogP contribution in [0.25, 0.3) is 0 Å². The lowest BCUT2D eigenvalue weighted by molar-refractivity contribution is -0.132. The molecule has 0 radical (unpaired) electrons. The van der Waals surface area contributed by atoms with E-state index >= 15 is 0 Å². The van der Waals surface area contributed by atoms with Crippen molar-refractivity contribution in [2.45, 2.75) is 46.7 Å². The van der Waals surface area contributed by atoms with Gasteiger partial charge in [-0.25, -0.2) is 0 Å². The molecule has 0 saturated carbocycles. The van der Waals surface area contributed by atoms with Gasteiger partial charge in [0.1, 0.15) is 5.76 Å². The van der Waals surface area contributed by atoms with Crippen molar-refractivity contribution in [2.75, 3.05) is 33.7 Å². The zero-order chi connectivity index (χ0) is 22.1. The molecule has 0 fully saturated rings. The van der Waals surface area contributed by atoms with Gasteiger partial charge in [-0.2, -0.15) is 0 Å². The molecule has 1 N–H and O–H groups in total. The van der Waals surface area contributed by atoms with Crippen LogP contribution >= 0.6 is 0 Å². The minimum absolute atomic E-state index is 0.189. The van der Waals surface area contributed by atoms with Crippen LogP contribution in [0, 0.1) is 5.92 Å². The van der Waals surface area contributed by atoms with Crippen LogP contribution in [0.15, 0.2) is 34.9 Å². The number of furan rings is 1. The molecule has 2 aromatic heterocycles. The number of aromatic nitrogens is 1. The highest BCUT2D eigenvalue weighted by Gasteiger charge is 2.17. The lowest BCUT2D eigenvalue weighted by Crippen LogP contribution is -2.32. The van der Waals surface area contributed by atoms with Gasteiger partial charge < -0.3 is 24.1 Å². The van der Waals surface area contributed by atoms with Gasteiger partial charge in [0.2, 0.25) is 5.91 Å². The second-order valence-corrected chi connectivity index (χ2v) is 8.37. The van der Waals surface area contributed by atoms with Crippen molar-refractivity contribution in [1.82, 2.24) is 19.7 Å². The van der Waals surface area contributed by atoms with Crippen molar-refractivity contribution in [3.63, 3.8) is 0 Å². The van der Waals surface area contributed by atoms with E-state index in [9.17, 15) is 9.59 Å². The van der Waals surface area contributed by atoms with E-state index in [0.717, 1.165) is 25.2 Å². The second-order valence-electron chi connectivity index (χ2n) is 8.37. The lowest BCUT2D eigenvalue weighted by atomic mass is 10.1. The van der Waals surface area contributed by atoms with Gasteiger partial charge >= 0.3 is 0 Å². The van der Waals surface area contributed by atoms with Crippen molar-refractivity contribution >= 4 is 11.8 Å². The molecule has 0 aromatic carbocycles. The number of amides is 2. The van der Waals surface area contributed by atoms with E-state index in [1.165, 1.54) is 0 Å². The summed E-state index contributed by atoms with van der Waals surface area (Å²) >= 11 is 0. The van der Waals surface area contributed by atoms with Crippen molar-refractivity contribution in [2.24, 2.45) is 5.92 Å². The molecule has 0 atom stereocenters. The van der Waals surface area contributed by atoms with E-state index in [2.05, 4.69) is 30.7 Å². The molecule has 7 nitrogen and oxygen atoms in total. The maximum Gasteiger partial charge on any atom is 0.287 e. The molecule has 0 aliphatic rings. The van der Waals surface area contributed by atoms with Gasteiger partial charge in [0.15, 0.2) is 5.76 Å². The van der Waals surface area contributed by atoms with Gasteiger partial charge in [-0.15, -0.1) is 0 Å². The Bertz CT molecular complexity index is 807. The zero-order valence-corrected chi connectivity index (χ0v) is 19.0. The van der Waals surface area contributed by atoms with Crippen LogP contribution in [-0.4, -0.2) is 59.9 Å². The summed E-state index contributed by atoms with van der Waals surface area (Å²) in [6.07, 6.45) is 3.46. The third-order valence-corrected chi connectivity index (χ3v) is 4.76. The first-order valence-electron chi connectivity index (χ1n) is 10.7. The highest BCUT2D eigenvalue weighted by Crippen LogP contribution is 2.15. The van der Waals surface area contributed by atoms with Gasteiger partial charge in [-0.3, -0.25) is 9.59 Å². The number of rotatable bonds is 12. The molecule has 30 heavy (non-hydrogen) atoms. The lowest BCUT2D eigenvalue weighted by Gasteiger charge is -2.24. The van der Waals surface area contributed by atoms with Crippen LogP contribution < -0.4 is 5.32 Å². The smallest absolute Gasteiger partial charge is 0.287 e. The fourth-order valence-electron chi connectivity index (χ4n) is 3.22. The molecule has 0 spiro atoms. The average molecular weight is 417 g/mol. The highest BCUT2D eigenvalue weighted by molar-refractivity contribution is 5.91. The molecule has 2 aromatic rings. The summed E-state index contributed by atoms with van der Waals surface area (Å²) in [5.41, 5.74) is 1.05. The maximum atomic E-state index is 12.6. The van der Waals surface area contributed by atoms with Gasteiger partial charge in [-0.1, -0.05) is 20.8 Å². The first-order chi connectivity index (χ1) is 14.3. The standard InChI is InChI=1S/C23H36N4O3/c1-6-12-27(22(28)15-18(2)3)16-19-8-7-13-26(19)17-20-9-10-21(30-20)23(29)24-11-14-25(4)5/h7-10,13,18H,6,11-12,14-17H2,1-5H3,(H,24,29). The average Bonchev–Trinajstić information content (AvgIpc) is 3.30. The summed E-state index contributed by atoms with van der Waals surface area (Å²) < 4.78 is 7.82. The van der Waals surface area contributed by atoms with Crippen LogP contribution in [0.1, 0.15) is 55.6 Å². The molecule has 0 saturated heterocycles. The van der Waals surface area contributed by atoms with E-state index in [1.54, 1.807) is 6.07 Å². The Kier molecular flexibility index (Phi) is 9.17. The Labute approximate surface area is 180 Å². The van der Waals surface area contributed by atoms with Crippen LogP contribution in [0.4, 0.5) is 0 Å². The third kappa shape index (κ3) is 7.37. The predicted molar refractivity (Wildman–Crippen MR) is 118 cm³/mol. The van der Waals surface area contributed by atoms with Gasteiger partial charge in [-0.05, 0) is 50.7 Å². The molecule has 2 heterocycles. The summed E-state index contributed by atoms with van der Waals surface area (Å²) in [4.78, 5) is 28.7. The normalized spacial score (nSPS) is 11.3. The monoisotopic (exact) mass is 416 g/mol. The van der Waals surface area contributed by atoms with E-state index in [0.29, 0.717) is 43.5 Å². The minimum Gasteiger partial charge on any atom is -0.454 e. The number of hydrogen-bond donors (Lipinski definition) is 1. The van der Waals surface area contributed by atoms with Gasteiger partial charge in [0.05, 0.1) is 13.1 Å². The minimum atomic E-state index is -0.204. The zero-order valence-electron chi connectivity index (χ0n) is 19.0. The van der Waals surface area contributed by atoms with Crippen molar-refractivity contribution in [3.8, 4) is 0 Å². The van der Waals surface area contributed by atoms with E-state index in [4.69, 9.17) is 4.42 Å². The fourth-order valence-corrected chi connectivity index (χ4v) is 3.22. The highest BCUT2D eigenvalue weighted by atomic mass is 16.4. The number of carbonyl (C=O) groups is 2. The number of carbonyl (C=O) groups excluding carboxylic acids is 2. The maximum absolute atomic E-state index is 12.6. The summed E-state index contributed by atoms with van der Waals surface area (Å²) in [5, 5.41) is 2.86. The van der Waals surface area contributed by atoms with Crippen molar-refractivity contribution < 1.29 is 14.0 Å². The van der Waals surface area contributed by atoms with E-state index < -0.39 is 0 Å². The topological polar surface area (TPSA) is 70.7 Å². The summed E-state index contributed by atoms with van der Waals surface area (Å²) in [7, 11) is 3.92. The second kappa shape index (κ2) is 11.6.